The fraction of sp³-hybridized carbons (Fsp3) is 0.263. The minimum Gasteiger partial charge on any atom is -0.495 e. The quantitative estimate of drug-likeness (QED) is 0.626. The Bertz CT molecular complexity index is 843. The van der Waals surface area contributed by atoms with Crippen molar-refractivity contribution in [2.75, 3.05) is 19.0 Å². The lowest BCUT2D eigenvalue weighted by atomic mass is 10.2. The van der Waals surface area contributed by atoms with E-state index in [1.165, 1.54) is 14.0 Å². The van der Waals surface area contributed by atoms with Gasteiger partial charge in [0.25, 0.3) is 5.91 Å². The van der Waals surface area contributed by atoms with E-state index < -0.39 is 18.0 Å². The molecule has 1 atom stereocenters. The first-order chi connectivity index (χ1) is 12.8. The molecule has 0 saturated carbocycles. The Morgan fingerprint density at radius 1 is 1.19 bits per heavy atom. The Balaban J connectivity index is 1.90. The molecule has 2 aromatic rings. The number of methoxy groups -OCH3 is 1. The average molecular weight is 457 g/mol. The summed E-state index contributed by atoms with van der Waals surface area (Å²) in [5.74, 6) is -0.183. The Morgan fingerprint density at radius 2 is 1.89 bits per heavy atom. The molecule has 0 spiro atoms. The van der Waals surface area contributed by atoms with E-state index in [1.54, 1.807) is 30.3 Å². The van der Waals surface area contributed by atoms with E-state index >= 15 is 0 Å². The maximum absolute atomic E-state index is 12.3. The van der Waals surface area contributed by atoms with Gasteiger partial charge in [-0.2, -0.15) is 0 Å². The van der Waals surface area contributed by atoms with E-state index in [9.17, 15) is 9.59 Å². The minimum absolute atomic E-state index is 0.342. The van der Waals surface area contributed by atoms with Gasteiger partial charge in [0.1, 0.15) is 11.5 Å². The third kappa shape index (κ3) is 6.15. The molecule has 0 aromatic heterocycles. The van der Waals surface area contributed by atoms with Crippen LogP contribution in [-0.2, 0) is 14.3 Å². The van der Waals surface area contributed by atoms with Crippen LogP contribution in [0.15, 0.2) is 40.9 Å². The van der Waals surface area contributed by atoms with Gasteiger partial charge in [-0.1, -0.05) is 17.7 Å². The minimum atomic E-state index is -1.00. The molecule has 27 heavy (non-hydrogen) atoms. The van der Waals surface area contributed by atoms with Crippen molar-refractivity contribution in [2.24, 2.45) is 0 Å². The maximum Gasteiger partial charge on any atom is 0.344 e. The van der Waals surface area contributed by atoms with E-state index in [0.717, 1.165) is 5.56 Å². The summed E-state index contributed by atoms with van der Waals surface area (Å²) in [4.78, 5) is 24.2. The van der Waals surface area contributed by atoms with Gasteiger partial charge in [-0.15, -0.1) is 0 Å². The van der Waals surface area contributed by atoms with E-state index in [1.807, 2.05) is 13.0 Å². The predicted octanol–water partition coefficient (Wildman–Crippen LogP) is 4.37. The molecule has 1 amide bonds. The normalized spacial score (nSPS) is 11.4. The van der Waals surface area contributed by atoms with E-state index in [4.69, 9.17) is 25.8 Å². The molecule has 0 radical (unpaired) electrons. The number of anilines is 1. The molecule has 2 rings (SSSR count). The maximum atomic E-state index is 12.3. The molecular formula is C19H19BrClNO5. The number of carbonyl (C=O) groups excluding carboxylic acids is 2. The molecule has 1 N–H and O–H groups in total. The van der Waals surface area contributed by atoms with Crippen molar-refractivity contribution >= 4 is 45.1 Å². The number of hydrogen-bond donors (Lipinski definition) is 1. The lowest BCUT2D eigenvalue weighted by molar-refractivity contribution is -0.155. The van der Waals surface area contributed by atoms with Crippen molar-refractivity contribution in [3.63, 3.8) is 0 Å². The fourth-order valence-corrected chi connectivity index (χ4v) is 2.96. The number of carbonyl (C=O) groups is 2. The zero-order chi connectivity index (χ0) is 20.0. The summed E-state index contributed by atoms with van der Waals surface area (Å²) >= 11 is 9.14. The van der Waals surface area contributed by atoms with Gasteiger partial charge >= 0.3 is 5.97 Å². The molecular weight excluding hydrogens is 438 g/mol. The summed E-state index contributed by atoms with van der Waals surface area (Å²) in [5, 5.41) is 3.23. The van der Waals surface area contributed by atoms with Crippen LogP contribution in [0.1, 0.15) is 12.5 Å². The van der Waals surface area contributed by atoms with Gasteiger partial charge in [0, 0.05) is 5.02 Å². The number of halogens is 2. The summed E-state index contributed by atoms with van der Waals surface area (Å²) < 4.78 is 16.3. The summed E-state index contributed by atoms with van der Waals surface area (Å²) in [6, 6.07) is 10.3. The van der Waals surface area contributed by atoms with E-state index in [2.05, 4.69) is 21.2 Å². The molecule has 0 aliphatic carbocycles. The molecule has 6 nitrogen and oxygen atoms in total. The highest BCUT2D eigenvalue weighted by Gasteiger charge is 2.20. The largest absolute Gasteiger partial charge is 0.495 e. The molecule has 144 valence electrons. The number of esters is 1. The first-order valence-electron chi connectivity index (χ1n) is 8.03. The van der Waals surface area contributed by atoms with Crippen LogP contribution in [0, 0.1) is 6.92 Å². The van der Waals surface area contributed by atoms with Crippen molar-refractivity contribution in [1.82, 2.24) is 0 Å². The molecule has 1 unspecified atom stereocenters. The second kappa shape index (κ2) is 9.62. The Hall–Kier alpha value is -2.25. The Kier molecular flexibility index (Phi) is 7.50. The van der Waals surface area contributed by atoms with Crippen LogP contribution in [0.3, 0.4) is 0 Å². The van der Waals surface area contributed by atoms with Crippen molar-refractivity contribution in [3.05, 3.63) is 51.5 Å². The van der Waals surface area contributed by atoms with Gasteiger partial charge in [0.05, 0.1) is 17.3 Å². The average Bonchev–Trinajstić information content (AvgIpc) is 2.61. The summed E-state index contributed by atoms with van der Waals surface area (Å²) in [6.07, 6.45) is -1.00. The smallest absolute Gasteiger partial charge is 0.344 e. The number of aryl methyl sites for hydroxylation is 1. The predicted molar refractivity (Wildman–Crippen MR) is 107 cm³/mol. The molecule has 0 aliphatic rings. The molecule has 2 aromatic carbocycles. The third-order valence-corrected chi connectivity index (χ3v) is 4.38. The van der Waals surface area contributed by atoms with E-state index in [-0.39, 0.29) is 6.61 Å². The van der Waals surface area contributed by atoms with Gasteiger partial charge in [-0.25, -0.2) is 4.79 Å². The number of hydrogen-bond acceptors (Lipinski definition) is 5. The summed E-state index contributed by atoms with van der Waals surface area (Å²) in [6.45, 7) is 3.03. The highest BCUT2D eigenvalue weighted by atomic mass is 79.9. The molecule has 0 heterocycles. The SMILES string of the molecule is COc1ccc(C)cc1NC(=O)C(C)OC(=O)COc1ccc(Cl)cc1Br. The molecule has 0 fully saturated rings. The Morgan fingerprint density at radius 3 is 2.56 bits per heavy atom. The van der Waals surface area contributed by atoms with Crippen LogP contribution in [-0.4, -0.2) is 31.7 Å². The van der Waals surface area contributed by atoms with Gasteiger partial charge in [0.2, 0.25) is 0 Å². The number of amides is 1. The van der Waals surface area contributed by atoms with Crippen LogP contribution in [0.25, 0.3) is 0 Å². The first kappa shape index (κ1) is 21.1. The fourth-order valence-electron chi connectivity index (χ4n) is 2.17. The lowest BCUT2D eigenvalue weighted by Gasteiger charge is -2.16. The monoisotopic (exact) mass is 455 g/mol. The van der Waals surface area contributed by atoms with Gasteiger partial charge in [-0.05, 0) is 65.7 Å². The molecule has 8 heteroatoms. The number of rotatable bonds is 7. The number of nitrogens with one attached hydrogen (secondary N) is 1. The second-order valence-electron chi connectivity index (χ2n) is 5.69. The second-order valence-corrected chi connectivity index (χ2v) is 6.98. The molecule has 0 bridgehead atoms. The zero-order valence-corrected chi connectivity index (χ0v) is 17.4. The zero-order valence-electron chi connectivity index (χ0n) is 15.0. The van der Waals surface area contributed by atoms with Gasteiger partial charge in [0.15, 0.2) is 12.7 Å². The van der Waals surface area contributed by atoms with Crippen molar-refractivity contribution < 1.29 is 23.8 Å². The first-order valence-corrected chi connectivity index (χ1v) is 9.20. The molecule has 0 saturated heterocycles. The van der Waals surface area contributed by atoms with Crippen LogP contribution in [0.4, 0.5) is 5.69 Å². The highest BCUT2D eigenvalue weighted by molar-refractivity contribution is 9.10. The Labute approximate surface area is 170 Å². The number of benzene rings is 2. The van der Waals surface area contributed by atoms with Crippen LogP contribution >= 0.6 is 27.5 Å². The molecule has 0 aliphatic heterocycles. The standard InChI is InChI=1S/C19H19BrClNO5/c1-11-4-6-17(25-3)15(8-11)22-19(24)12(2)27-18(23)10-26-16-7-5-13(21)9-14(16)20/h4-9,12H,10H2,1-3H3,(H,22,24). The van der Waals surface area contributed by atoms with Crippen LogP contribution in [0.2, 0.25) is 5.02 Å². The van der Waals surface area contributed by atoms with Gasteiger partial charge < -0.3 is 19.5 Å². The summed E-state index contributed by atoms with van der Waals surface area (Å²) in [7, 11) is 1.51. The van der Waals surface area contributed by atoms with Crippen molar-refractivity contribution in [1.29, 1.82) is 0 Å². The van der Waals surface area contributed by atoms with E-state index in [0.29, 0.717) is 26.7 Å². The topological polar surface area (TPSA) is 73.9 Å². The third-order valence-electron chi connectivity index (χ3n) is 3.53. The summed E-state index contributed by atoms with van der Waals surface area (Å²) in [5.41, 5.74) is 1.46. The highest BCUT2D eigenvalue weighted by Crippen LogP contribution is 2.28. The van der Waals surface area contributed by atoms with Crippen LogP contribution in [0.5, 0.6) is 11.5 Å². The van der Waals surface area contributed by atoms with Gasteiger partial charge in [-0.3, -0.25) is 4.79 Å². The van der Waals surface area contributed by atoms with Crippen LogP contribution < -0.4 is 14.8 Å². The lowest BCUT2D eigenvalue weighted by Crippen LogP contribution is -2.31. The van der Waals surface area contributed by atoms with Crippen molar-refractivity contribution in [2.45, 2.75) is 20.0 Å². The number of ether oxygens (including phenoxy) is 3. The van der Waals surface area contributed by atoms with Crippen molar-refractivity contribution in [3.8, 4) is 11.5 Å².